The molecule has 0 amide bonds. The normalized spacial score (nSPS) is 12.4. The molecular weight excluding hydrogens is 292 g/mol. The van der Waals surface area contributed by atoms with Crippen molar-refractivity contribution in [3.05, 3.63) is 58.1 Å². The molecule has 0 aromatic carbocycles. The van der Waals surface area contributed by atoms with Gasteiger partial charge in [0.2, 0.25) is 0 Å². The van der Waals surface area contributed by atoms with Crippen molar-refractivity contribution in [2.45, 2.75) is 19.4 Å². The van der Waals surface area contributed by atoms with Gasteiger partial charge in [-0.15, -0.1) is 0 Å². The summed E-state index contributed by atoms with van der Waals surface area (Å²) in [6, 6.07) is 7.95. The lowest BCUT2D eigenvalue weighted by Gasteiger charge is -2.15. The summed E-state index contributed by atoms with van der Waals surface area (Å²) in [5, 5.41) is 0. The molecule has 18 heavy (non-hydrogen) atoms. The van der Waals surface area contributed by atoms with Crippen LogP contribution in [0.25, 0.3) is 0 Å². The van der Waals surface area contributed by atoms with Crippen molar-refractivity contribution in [1.82, 2.24) is 15.4 Å². The van der Waals surface area contributed by atoms with Crippen molar-refractivity contribution in [1.29, 1.82) is 0 Å². The zero-order chi connectivity index (χ0) is 13.0. The van der Waals surface area contributed by atoms with E-state index in [0.29, 0.717) is 0 Å². The van der Waals surface area contributed by atoms with Gasteiger partial charge in [0.1, 0.15) is 0 Å². The average Bonchev–Trinajstić information content (AvgIpc) is 2.36. The van der Waals surface area contributed by atoms with E-state index in [4.69, 9.17) is 5.84 Å². The Morgan fingerprint density at radius 1 is 1.39 bits per heavy atom. The summed E-state index contributed by atoms with van der Waals surface area (Å²) in [4.78, 5) is 8.64. The molecule has 0 spiro atoms. The van der Waals surface area contributed by atoms with Crippen LogP contribution in [0.2, 0.25) is 0 Å². The topological polar surface area (TPSA) is 63.8 Å². The summed E-state index contributed by atoms with van der Waals surface area (Å²) in [6.45, 7) is 1.97. The second-order valence-electron chi connectivity index (χ2n) is 4.14. The predicted molar refractivity (Wildman–Crippen MR) is 74.7 cm³/mol. The van der Waals surface area contributed by atoms with E-state index in [1.54, 1.807) is 6.20 Å². The molecule has 2 aromatic rings. The van der Waals surface area contributed by atoms with Gasteiger partial charge in [-0.05, 0) is 53.0 Å². The molecule has 2 heterocycles. The number of aryl methyl sites for hydroxylation is 1. The number of halogens is 1. The first kappa shape index (κ1) is 13.1. The lowest BCUT2D eigenvalue weighted by atomic mass is 10.0. The van der Waals surface area contributed by atoms with E-state index in [1.807, 2.05) is 37.4 Å². The number of rotatable bonds is 4. The van der Waals surface area contributed by atoms with Gasteiger partial charge in [0.15, 0.2) is 0 Å². The van der Waals surface area contributed by atoms with Crippen LogP contribution >= 0.6 is 15.9 Å². The van der Waals surface area contributed by atoms with E-state index in [0.717, 1.165) is 27.8 Å². The minimum atomic E-state index is -0.0130. The Bertz CT molecular complexity index is 530. The lowest BCUT2D eigenvalue weighted by Crippen LogP contribution is -2.30. The lowest BCUT2D eigenvalue weighted by molar-refractivity contribution is 0.536. The van der Waals surface area contributed by atoms with E-state index >= 15 is 0 Å². The molecule has 1 unspecified atom stereocenters. The van der Waals surface area contributed by atoms with E-state index in [-0.39, 0.29) is 6.04 Å². The number of nitrogens with zero attached hydrogens (tertiary/aromatic N) is 2. The van der Waals surface area contributed by atoms with Gasteiger partial charge in [-0.2, -0.15) is 0 Å². The number of hydrogen-bond donors (Lipinski definition) is 2. The van der Waals surface area contributed by atoms with Gasteiger partial charge in [0.05, 0.1) is 11.7 Å². The molecule has 0 aliphatic rings. The molecule has 94 valence electrons. The standard InChI is InChI=1S/C13H15BrN4/c1-9-3-2-4-12(17-9)13(18-15)6-10-5-11(14)8-16-7-10/h2-5,7-8,13,18H,6,15H2,1H3. The molecule has 0 radical (unpaired) electrons. The minimum Gasteiger partial charge on any atom is -0.271 e. The van der Waals surface area contributed by atoms with E-state index in [2.05, 4.69) is 31.3 Å². The van der Waals surface area contributed by atoms with Crippen molar-refractivity contribution in [3.63, 3.8) is 0 Å². The Balaban J connectivity index is 2.19. The van der Waals surface area contributed by atoms with Crippen molar-refractivity contribution >= 4 is 15.9 Å². The van der Waals surface area contributed by atoms with Gasteiger partial charge < -0.3 is 0 Å². The zero-order valence-corrected chi connectivity index (χ0v) is 11.7. The summed E-state index contributed by atoms with van der Waals surface area (Å²) in [6.07, 6.45) is 4.35. The van der Waals surface area contributed by atoms with E-state index < -0.39 is 0 Å². The fourth-order valence-electron chi connectivity index (χ4n) is 1.81. The second-order valence-corrected chi connectivity index (χ2v) is 5.05. The average molecular weight is 307 g/mol. The first-order valence-corrected chi connectivity index (χ1v) is 6.47. The molecule has 4 nitrogen and oxygen atoms in total. The molecule has 2 aromatic heterocycles. The van der Waals surface area contributed by atoms with Crippen LogP contribution in [0.5, 0.6) is 0 Å². The first-order valence-electron chi connectivity index (χ1n) is 5.68. The molecule has 1 atom stereocenters. The number of aromatic nitrogens is 2. The smallest absolute Gasteiger partial charge is 0.0673 e. The molecule has 0 aliphatic heterocycles. The molecular formula is C13H15BrN4. The largest absolute Gasteiger partial charge is 0.271 e. The highest BCUT2D eigenvalue weighted by Gasteiger charge is 2.12. The van der Waals surface area contributed by atoms with Crippen LogP contribution < -0.4 is 11.3 Å². The minimum absolute atomic E-state index is 0.0130. The van der Waals surface area contributed by atoms with Crippen molar-refractivity contribution < 1.29 is 0 Å². The molecule has 2 rings (SSSR count). The second kappa shape index (κ2) is 6.04. The van der Waals surface area contributed by atoms with Gasteiger partial charge in [0.25, 0.3) is 0 Å². The summed E-state index contributed by atoms with van der Waals surface area (Å²) in [5.74, 6) is 5.62. The Kier molecular flexibility index (Phi) is 4.41. The third kappa shape index (κ3) is 3.35. The summed E-state index contributed by atoms with van der Waals surface area (Å²) in [5.41, 5.74) is 5.84. The van der Waals surface area contributed by atoms with Crippen molar-refractivity contribution in [2.24, 2.45) is 5.84 Å². The Labute approximate surface area is 115 Å². The van der Waals surface area contributed by atoms with Crippen LogP contribution in [-0.2, 0) is 6.42 Å². The Morgan fingerprint density at radius 2 is 2.22 bits per heavy atom. The van der Waals surface area contributed by atoms with Crippen LogP contribution in [0.1, 0.15) is 23.0 Å². The molecule has 3 N–H and O–H groups in total. The third-order valence-electron chi connectivity index (χ3n) is 2.67. The maximum Gasteiger partial charge on any atom is 0.0673 e. The zero-order valence-electron chi connectivity index (χ0n) is 10.1. The molecule has 0 saturated carbocycles. The summed E-state index contributed by atoms with van der Waals surface area (Å²) in [7, 11) is 0. The number of hydrazine groups is 1. The van der Waals surface area contributed by atoms with Crippen molar-refractivity contribution in [2.75, 3.05) is 0 Å². The Hall–Kier alpha value is -1.30. The van der Waals surface area contributed by atoms with Gasteiger partial charge in [-0.25, -0.2) is 0 Å². The Morgan fingerprint density at radius 3 is 2.89 bits per heavy atom. The molecule has 0 aliphatic carbocycles. The third-order valence-corrected chi connectivity index (χ3v) is 3.10. The molecule has 0 bridgehead atoms. The van der Waals surface area contributed by atoms with Gasteiger partial charge in [0, 0.05) is 22.6 Å². The highest BCUT2D eigenvalue weighted by molar-refractivity contribution is 9.10. The molecule has 0 fully saturated rings. The highest BCUT2D eigenvalue weighted by Crippen LogP contribution is 2.18. The number of hydrogen-bond acceptors (Lipinski definition) is 4. The van der Waals surface area contributed by atoms with Crippen molar-refractivity contribution in [3.8, 4) is 0 Å². The first-order chi connectivity index (χ1) is 8.69. The van der Waals surface area contributed by atoms with E-state index in [1.165, 1.54) is 0 Å². The van der Waals surface area contributed by atoms with Crippen LogP contribution in [0.4, 0.5) is 0 Å². The van der Waals surface area contributed by atoms with Crippen LogP contribution in [-0.4, -0.2) is 9.97 Å². The maximum absolute atomic E-state index is 5.62. The van der Waals surface area contributed by atoms with Gasteiger partial charge in [-0.1, -0.05) is 6.07 Å². The quantitative estimate of drug-likeness (QED) is 0.672. The number of pyridine rings is 2. The molecule has 5 heteroatoms. The summed E-state index contributed by atoms with van der Waals surface area (Å²) < 4.78 is 0.966. The SMILES string of the molecule is Cc1cccc(C(Cc2cncc(Br)c2)NN)n1. The van der Waals surface area contributed by atoms with Gasteiger partial charge >= 0.3 is 0 Å². The molecule has 0 saturated heterocycles. The van der Waals surface area contributed by atoms with Gasteiger partial charge in [-0.3, -0.25) is 21.2 Å². The maximum atomic E-state index is 5.62. The number of nitrogens with one attached hydrogen (secondary N) is 1. The monoisotopic (exact) mass is 306 g/mol. The van der Waals surface area contributed by atoms with Crippen LogP contribution in [0, 0.1) is 6.92 Å². The highest BCUT2D eigenvalue weighted by atomic mass is 79.9. The predicted octanol–water partition coefficient (Wildman–Crippen LogP) is 2.29. The fourth-order valence-corrected chi connectivity index (χ4v) is 2.22. The summed E-state index contributed by atoms with van der Waals surface area (Å²) >= 11 is 3.41. The fraction of sp³-hybridized carbons (Fsp3) is 0.231. The van der Waals surface area contributed by atoms with E-state index in [9.17, 15) is 0 Å². The van der Waals surface area contributed by atoms with Crippen LogP contribution in [0.15, 0.2) is 41.1 Å². The number of nitrogens with two attached hydrogens (primary N) is 1. The van der Waals surface area contributed by atoms with Crippen LogP contribution in [0.3, 0.4) is 0 Å².